The van der Waals surface area contributed by atoms with E-state index in [4.69, 9.17) is 11.5 Å². The Bertz CT molecular complexity index is 414. The Morgan fingerprint density at radius 1 is 1.10 bits per heavy atom. The molecule has 1 atom stereocenters. The summed E-state index contributed by atoms with van der Waals surface area (Å²) in [6, 6.07) is 6.97. The second kappa shape index (κ2) is 7.24. The molecule has 0 aliphatic rings. The molecule has 0 fully saturated rings. The van der Waals surface area contributed by atoms with Crippen molar-refractivity contribution in [1.82, 2.24) is 0 Å². The van der Waals surface area contributed by atoms with E-state index in [0.29, 0.717) is 24.9 Å². The first-order chi connectivity index (χ1) is 9.33. The average Bonchev–Trinajstić information content (AvgIpc) is 2.42. The van der Waals surface area contributed by atoms with Crippen LogP contribution in [-0.2, 0) is 11.8 Å². The van der Waals surface area contributed by atoms with Crippen molar-refractivity contribution in [1.29, 1.82) is 0 Å². The number of aryl methyl sites for hydroxylation is 1. The van der Waals surface area contributed by atoms with Crippen LogP contribution in [0.15, 0.2) is 18.2 Å². The van der Waals surface area contributed by atoms with Gasteiger partial charge < -0.3 is 11.5 Å². The fourth-order valence-electron chi connectivity index (χ4n) is 2.76. The zero-order chi connectivity index (χ0) is 15.3. The molecule has 1 unspecified atom stereocenters. The highest BCUT2D eigenvalue weighted by molar-refractivity contribution is 5.37. The molecule has 1 aromatic carbocycles. The van der Waals surface area contributed by atoms with Crippen molar-refractivity contribution < 1.29 is 0 Å². The molecule has 2 heteroatoms. The van der Waals surface area contributed by atoms with Crippen LogP contribution in [0.25, 0.3) is 0 Å². The summed E-state index contributed by atoms with van der Waals surface area (Å²) in [5.74, 6) is 0.942. The molecule has 114 valence electrons. The number of rotatable bonds is 6. The second-order valence-corrected chi connectivity index (χ2v) is 6.99. The summed E-state index contributed by atoms with van der Waals surface area (Å²) in [7, 11) is 0. The van der Waals surface area contributed by atoms with Gasteiger partial charge in [-0.3, -0.25) is 0 Å². The second-order valence-electron chi connectivity index (χ2n) is 6.99. The molecule has 1 aromatic rings. The Morgan fingerprint density at radius 3 is 2.15 bits per heavy atom. The maximum absolute atomic E-state index is 5.80. The van der Waals surface area contributed by atoms with E-state index in [-0.39, 0.29) is 5.41 Å². The van der Waals surface area contributed by atoms with Gasteiger partial charge in [-0.05, 0) is 59.9 Å². The maximum atomic E-state index is 5.80. The van der Waals surface area contributed by atoms with Gasteiger partial charge in [-0.2, -0.15) is 0 Å². The Hall–Kier alpha value is -0.860. The maximum Gasteiger partial charge on any atom is -0.00366 e. The van der Waals surface area contributed by atoms with Crippen molar-refractivity contribution in [2.45, 2.75) is 58.8 Å². The van der Waals surface area contributed by atoms with Crippen LogP contribution >= 0.6 is 0 Å². The van der Waals surface area contributed by atoms with Crippen molar-refractivity contribution in [3.63, 3.8) is 0 Å². The van der Waals surface area contributed by atoms with E-state index in [9.17, 15) is 0 Å². The highest BCUT2D eigenvalue weighted by Gasteiger charge is 2.19. The number of nitrogens with two attached hydrogens (primary N) is 2. The number of benzene rings is 1. The van der Waals surface area contributed by atoms with Crippen molar-refractivity contribution >= 4 is 0 Å². The van der Waals surface area contributed by atoms with Gasteiger partial charge in [0.1, 0.15) is 0 Å². The van der Waals surface area contributed by atoms with Crippen LogP contribution in [0.4, 0.5) is 0 Å². The summed E-state index contributed by atoms with van der Waals surface area (Å²) in [4.78, 5) is 0. The normalized spacial score (nSPS) is 13.8. The third kappa shape index (κ3) is 4.32. The van der Waals surface area contributed by atoms with E-state index in [1.165, 1.54) is 16.7 Å². The van der Waals surface area contributed by atoms with Gasteiger partial charge in [-0.25, -0.2) is 0 Å². The van der Waals surface area contributed by atoms with Crippen LogP contribution in [0.1, 0.15) is 63.6 Å². The zero-order valence-corrected chi connectivity index (χ0v) is 13.9. The molecule has 0 amide bonds. The lowest BCUT2D eigenvalue weighted by atomic mass is 9.81. The van der Waals surface area contributed by atoms with Crippen LogP contribution < -0.4 is 11.5 Å². The lowest BCUT2D eigenvalue weighted by Gasteiger charge is -2.25. The largest absolute Gasteiger partial charge is 0.330 e. The van der Waals surface area contributed by atoms with E-state index in [2.05, 4.69) is 52.8 Å². The molecular weight excluding hydrogens is 244 g/mol. The van der Waals surface area contributed by atoms with Gasteiger partial charge in [0, 0.05) is 0 Å². The van der Waals surface area contributed by atoms with E-state index < -0.39 is 0 Å². The standard InChI is InChI=1S/C18H32N2/c1-6-15-7-8-16(18(3,4)5)10-17(15)13(2)9-14(11-19)12-20/h7-8,10,13-14H,6,9,11-12,19-20H2,1-5H3. The van der Waals surface area contributed by atoms with Crippen molar-refractivity contribution in [2.24, 2.45) is 17.4 Å². The number of hydrogen-bond donors (Lipinski definition) is 2. The van der Waals surface area contributed by atoms with Gasteiger partial charge in [0.25, 0.3) is 0 Å². The Morgan fingerprint density at radius 2 is 1.70 bits per heavy atom. The highest BCUT2D eigenvalue weighted by atomic mass is 14.6. The molecule has 0 radical (unpaired) electrons. The average molecular weight is 276 g/mol. The lowest BCUT2D eigenvalue weighted by molar-refractivity contribution is 0.463. The van der Waals surface area contributed by atoms with E-state index >= 15 is 0 Å². The predicted molar refractivity (Wildman–Crippen MR) is 89.2 cm³/mol. The summed E-state index contributed by atoms with van der Waals surface area (Å²) >= 11 is 0. The highest BCUT2D eigenvalue weighted by Crippen LogP contribution is 2.31. The van der Waals surface area contributed by atoms with Crippen LogP contribution in [0.3, 0.4) is 0 Å². The molecule has 2 nitrogen and oxygen atoms in total. The molecule has 0 bridgehead atoms. The van der Waals surface area contributed by atoms with Crippen LogP contribution in [-0.4, -0.2) is 13.1 Å². The first kappa shape index (κ1) is 17.2. The summed E-state index contributed by atoms with van der Waals surface area (Å²) in [5, 5.41) is 0. The smallest absolute Gasteiger partial charge is 0.00366 e. The van der Waals surface area contributed by atoms with Gasteiger partial charge >= 0.3 is 0 Å². The fourth-order valence-corrected chi connectivity index (χ4v) is 2.76. The zero-order valence-electron chi connectivity index (χ0n) is 13.9. The van der Waals surface area contributed by atoms with Gasteiger partial charge in [0.15, 0.2) is 0 Å². The SMILES string of the molecule is CCc1ccc(C(C)(C)C)cc1C(C)CC(CN)CN. The molecule has 4 N–H and O–H groups in total. The lowest BCUT2D eigenvalue weighted by Crippen LogP contribution is -2.25. The molecular formula is C18H32N2. The van der Waals surface area contributed by atoms with Gasteiger partial charge in [0.05, 0.1) is 0 Å². The third-order valence-corrected chi connectivity index (χ3v) is 4.28. The molecule has 0 aliphatic heterocycles. The predicted octanol–water partition coefficient (Wildman–Crippen LogP) is 3.57. The Balaban J connectivity index is 3.07. The van der Waals surface area contributed by atoms with Crippen molar-refractivity contribution in [3.8, 4) is 0 Å². The van der Waals surface area contributed by atoms with E-state index in [1.807, 2.05) is 0 Å². The monoisotopic (exact) mass is 276 g/mol. The Kier molecular flexibility index (Phi) is 6.22. The van der Waals surface area contributed by atoms with Crippen LogP contribution in [0.2, 0.25) is 0 Å². The molecule has 0 aliphatic carbocycles. The minimum Gasteiger partial charge on any atom is -0.330 e. The Labute approximate surface area is 124 Å². The molecule has 0 saturated carbocycles. The van der Waals surface area contributed by atoms with Crippen molar-refractivity contribution in [2.75, 3.05) is 13.1 Å². The minimum atomic E-state index is 0.196. The first-order valence-corrected chi connectivity index (χ1v) is 7.86. The van der Waals surface area contributed by atoms with Crippen molar-refractivity contribution in [3.05, 3.63) is 34.9 Å². The third-order valence-electron chi connectivity index (χ3n) is 4.28. The molecule has 0 saturated heterocycles. The van der Waals surface area contributed by atoms with Crippen LogP contribution in [0.5, 0.6) is 0 Å². The molecule has 0 aromatic heterocycles. The number of hydrogen-bond acceptors (Lipinski definition) is 2. The summed E-state index contributed by atoms with van der Waals surface area (Å²) in [5.41, 5.74) is 16.1. The summed E-state index contributed by atoms with van der Waals surface area (Å²) in [6.45, 7) is 12.7. The quantitative estimate of drug-likeness (QED) is 0.834. The first-order valence-electron chi connectivity index (χ1n) is 7.86. The van der Waals surface area contributed by atoms with Crippen LogP contribution in [0, 0.1) is 5.92 Å². The van der Waals surface area contributed by atoms with Gasteiger partial charge in [-0.1, -0.05) is 52.8 Å². The minimum absolute atomic E-state index is 0.196. The van der Waals surface area contributed by atoms with Gasteiger partial charge in [-0.15, -0.1) is 0 Å². The van der Waals surface area contributed by atoms with E-state index in [1.54, 1.807) is 0 Å². The molecule has 0 heterocycles. The molecule has 1 rings (SSSR count). The molecule has 0 spiro atoms. The fraction of sp³-hybridized carbons (Fsp3) is 0.667. The summed E-state index contributed by atoms with van der Waals surface area (Å²) in [6.07, 6.45) is 2.16. The van der Waals surface area contributed by atoms with Gasteiger partial charge in [0.2, 0.25) is 0 Å². The van der Waals surface area contributed by atoms with E-state index in [0.717, 1.165) is 12.8 Å². The summed E-state index contributed by atoms with van der Waals surface area (Å²) < 4.78 is 0. The molecule has 20 heavy (non-hydrogen) atoms. The topological polar surface area (TPSA) is 52.0 Å².